The molecular formula is C9H18F2N2O. The fraction of sp³-hybridized carbons (Fsp3) is 0.889. The second-order valence-corrected chi connectivity index (χ2v) is 4.27. The Balaban J connectivity index is 3.87. The largest absolute Gasteiger partial charge is 0.334 e. The Kier molecular flexibility index (Phi) is 4.29. The Bertz CT molecular complexity index is 199. The predicted octanol–water partition coefficient (Wildman–Crippen LogP) is 2.13. The van der Waals surface area contributed by atoms with Crippen LogP contribution in [0.1, 0.15) is 34.1 Å². The SMILES string of the molecule is CCC(F)(F)CNC(=O)NC(C)(C)C. The summed E-state index contributed by atoms with van der Waals surface area (Å²) in [6, 6.07) is -0.564. The van der Waals surface area contributed by atoms with E-state index in [0.717, 1.165) is 0 Å². The van der Waals surface area contributed by atoms with Gasteiger partial charge in [-0.15, -0.1) is 0 Å². The normalized spacial score (nSPS) is 12.4. The van der Waals surface area contributed by atoms with E-state index in [-0.39, 0.29) is 6.42 Å². The second-order valence-electron chi connectivity index (χ2n) is 4.27. The van der Waals surface area contributed by atoms with Gasteiger partial charge in [0.1, 0.15) is 0 Å². The summed E-state index contributed by atoms with van der Waals surface area (Å²) >= 11 is 0. The van der Waals surface area contributed by atoms with Crippen LogP contribution < -0.4 is 10.6 Å². The number of alkyl halides is 2. The van der Waals surface area contributed by atoms with E-state index in [9.17, 15) is 13.6 Å². The molecule has 0 aromatic carbocycles. The molecule has 2 amide bonds. The molecule has 3 nitrogen and oxygen atoms in total. The molecule has 0 fully saturated rings. The van der Waals surface area contributed by atoms with Crippen molar-refractivity contribution < 1.29 is 13.6 Å². The Morgan fingerprint density at radius 3 is 2.14 bits per heavy atom. The van der Waals surface area contributed by atoms with Crippen LogP contribution in [0, 0.1) is 0 Å². The fourth-order valence-corrected chi connectivity index (χ4v) is 0.719. The minimum Gasteiger partial charge on any atom is -0.334 e. The van der Waals surface area contributed by atoms with Crippen molar-refractivity contribution in [1.82, 2.24) is 10.6 Å². The maximum atomic E-state index is 12.7. The molecule has 0 aliphatic carbocycles. The van der Waals surface area contributed by atoms with E-state index in [1.807, 2.05) is 0 Å². The number of halogens is 2. The Morgan fingerprint density at radius 2 is 1.79 bits per heavy atom. The van der Waals surface area contributed by atoms with Crippen molar-refractivity contribution in [1.29, 1.82) is 0 Å². The number of rotatable bonds is 3. The highest BCUT2D eigenvalue weighted by molar-refractivity contribution is 5.74. The molecule has 0 spiro atoms. The number of hydrogen-bond donors (Lipinski definition) is 2. The van der Waals surface area contributed by atoms with Crippen molar-refractivity contribution >= 4 is 6.03 Å². The van der Waals surface area contributed by atoms with E-state index < -0.39 is 24.0 Å². The molecule has 0 aromatic heterocycles. The molecule has 0 unspecified atom stereocenters. The highest BCUT2D eigenvalue weighted by atomic mass is 19.3. The monoisotopic (exact) mass is 208 g/mol. The molecule has 0 saturated heterocycles. The van der Waals surface area contributed by atoms with Crippen LogP contribution in [0.3, 0.4) is 0 Å². The van der Waals surface area contributed by atoms with Crippen molar-refractivity contribution in [2.45, 2.75) is 45.6 Å². The second kappa shape index (κ2) is 4.57. The molecule has 0 heterocycles. The van der Waals surface area contributed by atoms with E-state index in [4.69, 9.17) is 0 Å². The van der Waals surface area contributed by atoms with Crippen LogP contribution in [0.5, 0.6) is 0 Å². The number of carbonyl (C=O) groups excluding carboxylic acids is 1. The summed E-state index contributed by atoms with van der Waals surface area (Å²) in [7, 11) is 0. The number of urea groups is 1. The lowest BCUT2D eigenvalue weighted by molar-refractivity contribution is 0.000777. The molecule has 0 rings (SSSR count). The van der Waals surface area contributed by atoms with Crippen LogP contribution in [0.15, 0.2) is 0 Å². The lowest BCUT2D eigenvalue weighted by Crippen LogP contribution is -2.49. The van der Waals surface area contributed by atoms with Gasteiger partial charge < -0.3 is 10.6 Å². The molecule has 5 heteroatoms. The third kappa shape index (κ3) is 6.62. The van der Waals surface area contributed by atoms with Crippen molar-refractivity contribution in [2.24, 2.45) is 0 Å². The molecule has 0 saturated carbocycles. The molecule has 0 aliphatic rings. The van der Waals surface area contributed by atoms with Crippen molar-refractivity contribution in [3.8, 4) is 0 Å². The standard InChI is InChI=1S/C9H18F2N2O/c1-5-9(10,11)6-12-7(14)13-8(2,3)4/h5-6H2,1-4H3,(H2,12,13,14). The van der Waals surface area contributed by atoms with Crippen LogP contribution in [-0.4, -0.2) is 24.0 Å². The molecule has 2 N–H and O–H groups in total. The van der Waals surface area contributed by atoms with E-state index in [1.165, 1.54) is 6.92 Å². The van der Waals surface area contributed by atoms with Crippen LogP contribution >= 0.6 is 0 Å². The molecule has 0 atom stereocenters. The van der Waals surface area contributed by atoms with E-state index in [2.05, 4.69) is 10.6 Å². The summed E-state index contributed by atoms with van der Waals surface area (Å²) in [4.78, 5) is 11.1. The molecule has 0 aliphatic heterocycles. The summed E-state index contributed by atoms with van der Waals surface area (Å²) in [5.74, 6) is -2.82. The van der Waals surface area contributed by atoms with Crippen molar-refractivity contribution in [2.75, 3.05) is 6.54 Å². The predicted molar refractivity (Wildman–Crippen MR) is 51.5 cm³/mol. The zero-order valence-electron chi connectivity index (χ0n) is 9.08. The van der Waals surface area contributed by atoms with Crippen LogP contribution in [0.2, 0.25) is 0 Å². The van der Waals surface area contributed by atoms with Gasteiger partial charge in [0.25, 0.3) is 5.92 Å². The van der Waals surface area contributed by atoms with Gasteiger partial charge in [-0.05, 0) is 20.8 Å². The van der Waals surface area contributed by atoms with Crippen LogP contribution in [0.25, 0.3) is 0 Å². The summed E-state index contributed by atoms with van der Waals surface area (Å²) in [6.07, 6.45) is -0.275. The third-order valence-corrected chi connectivity index (χ3v) is 1.51. The van der Waals surface area contributed by atoms with Gasteiger partial charge in [-0.3, -0.25) is 0 Å². The number of nitrogens with one attached hydrogen (secondary N) is 2. The van der Waals surface area contributed by atoms with E-state index >= 15 is 0 Å². The average Bonchev–Trinajstić information content (AvgIpc) is 1.98. The van der Waals surface area contributed by atoms with Crippen LogP contribution in [-0.2, 0) is 0 Å². The Labute approximate surface area is 83.3 Å². The zero-order valence-corrected chi connectivity index (χ0v) is 9.08. The van der Waals surface area contributed by atoms with Gasteiger partial charge in [0.2, 0.25) is 0 Å². The van der Waals surface area contributed by atoms with Crippen molar-refractivity contribution in [3.63, 3.8) is 0 Å². The first-order valence-corrected chi connectivity index (χ1v) is 4.60. The smallest absolute Gasteiger partial charge is 0.315 e. The maximum Gasteiger partial charge on any atom is 0.315 e. The first kappa shape index (κ1) is 13.1. The lowest BCUT2D eigenvalue weighted by atomic mass is 10.1. The maximum absolute atomic E-state index is 12.7. The molecule has 0 aromatic rings. The highest BCUT2D eigenvalue weighted by Gasteiger charge is 2.27. The first-order chi connectivity index (χ1) is 6.16. The first-order valence-electron chi connectivity index (χ1n) is 4.60. The van der Waals surface area contributed by atoms with Gasteiger partial charge in [0.15, 0.2) is 0 Å². The average molecular weight is 208 g/mol. The number of amides is 2. The topological polar surface area (TPSA) is 41.1 Å². The zero-order chi connectivity index (χ0) is 11.4. The number of carbonyl (C=O) groups is 1. The van der Waals surface area contributed by atoms with Crippen molar-refractivity contribution in [3.05, 3.63) is 0 Å². The summed E-state index contributed by atoms with van der Waals surface area (Å²) < 4.78 is 25.4. The van der Waals surface area contributed by atoms with Crippen LogP contribution in [0.4, 0.5) is 13.6 Å². The summed E-state index contributed by atoms with van der Waals surface area (Å²) in [5, 5.41) is 4.66. The minimum atomic E-state index is -2.82. The molecule has 0 bridgehead atoms. The van der Waals surface area contributed by atoms with Gasteiger partial charge in [0, 0.05) is 12.0 Å². The summed E-state index contributed by atoms with van der Waals surface area (Å²) in [5.41, 5.74) is -0.411. The quantitative estimate of drug-likeness (QED) is 0.733. The third-order valence-electron chi connectivity index (χ3n) is 1.51. The number of hydrogen-bond acceptors (Lipinski definition) is 1. The van der Waals surface area contributed by atoms with E-state index in [0.29, 0.717) is 0 Å². The minimum absolute atomic E-state index is 0.275. The van der Waals surface area contributed by atoms with Gasteiger partial charge in [-0.1, -0.05) is 6.92 Å². The molecular weight excluding hydrogens is 190 g/mol. The Hall–Kier alpha value is -0.870. The molecule has 0 radical (unpaired) electrons. The van der Waals surface area contributed by atoms with Gasteiger partial charge in [0.05, 0.1) is 6.54 Å². The van der Waals surface area contributed by atoms with Gasteiger partial charge in [-0.25, -0.2) is 13.6 Å². The fourth-order valence-electron chi connectivity index (χ4n) is 0.719. The van der Waals surface area contributed by atoms with Gasteiger partial charge >= 0.3 is 6.03 Å². The molecule has 84 valence electrons. The van der Waals surface area contributed by atoms with E-state index in [1.54, 1.807) is 20.8 Å². The summed E-state index contributed by atoms with van der Waals surface area (Å²) in [6.45, 7) is 6.11. The lowest BCUT2D eigenvalue weighted by Gasteiger charge is -2.22. The van der Waals surface area contributed by atoms with Gasteiger partial charge in [-0.2, -0.15) is 0 Å². The Morgan fingerprint density at radius 1 is 1.29 bits per heavy atom. The molecule has 14 heavy (non-hydrogen) atoms. The highest BCUT2D eigenvalue weighted by Crippen LogP contribution is 2.15.